The minimum atomic E-state index is -3.78. The molecule has 0 aromatic heterocycles. The molecule has 0 aliphatic carbocycles. The fourth-order valence-corrected chi connectivity index (χ4v) is 5.06. The molecule has 1 N–H and O–H groups in total. The number of hydrogen-bond donors (Lipinski definition) is 1. The van der Waals surface area contributed by atoms with E-state index in [1.54, 1.807) is 24.3 Å². The van der Waals surface area contributed by atoms with Crippen molar-refractivity contribution < 1.29 is 13.2 Å². The van der Waals surface area contributed by atoms with E-state index in [1.165, 1.54) is 17.7 Å². The summed E-state index contributed by atoms with van der Waals surface area (Å²) < 4.78 is 28.2. The Hall–Kier alpha value is -3.12. The summed E-state index contributed by atoms with van der Waals surface area (Å²) in [6.45, 7) is 3.27. The van der Waals surface area contributed by atoms with Crippen LogP contribution in [0.1, 0.15) is 40.2 Å². The quantitative estimate of drug-likeness (QED) is 0.626. The molecule has 1 heterocycles. The SMILES string of the molecule is Cc1ccc(NS(=O)(=O)c2cccc(C(=O)N3CCC(c4ccccc4)CC3)c2)cc1. The number of carbonyl (C=O) groups is 1. The first kappa shape index (κ1) is 21.1. The summed E-state index contributed by atoms with van der Waals surface area (Å²) >= 11 is 0. The maximum atomic E-state index is 13.0. The maximum Gasteiger partial charge on any atom is 0.261 e. The minimum absolute atomic E-state index is 0.0816. The van der Waals surface area contributed by atoms with Gasteiger partial charge >= 0.3 is 0 Å². The summed E-state index contributed by atoms with van der Waals surface area (Å²) in [5.74, 6) is 0.328. The van der Waals surface area contributed by atoms with Crippen molar-refractivity contribution in [2.45, 2.75) is 30.6 Å². The zero-order chi connectivity index (χ0) is 21.8. The molecule has 1 saturated heterocycles. The molecule has 31 heavy (non-hydrogen) atoms. The number of amides is 1. The molecule has 4 rings (SSSR count). The first-order chi connectivity index (χ1) is 14.9. The Balaban J connectivity index is 1.45. The average molecular weight is 435 g/mol. The Kier molecular flexibility index (Phi) is 6.09. The molecule has 1 aliphatic heterocycles. The molecule has 0 bridgehead atoms. The van der Waals surface area contributed by atoms with Crippen LogP contribution in [0.3, 0.4) is 0 Å². The van der Waals surface area contributed by atoms with Crippen LogP contribution in [0.25, 0.3) is 0 Å². The number of likely N-dealkylation sites (tertiary alicyclic amines) is 1. The van der Waals surface area contributed by atoms with E-state index >= 15 is 0 Å². The van der Waals surface area contributed by atoms with E-state index in [9.17, 15) is 13.2 Å². The Morgan fingerprint density at radius 1 is 0.903 bits per heavy atom. The molecular formula is C25H26N2O3S. The lowest BCUT2D eigenvalue weighted by atomic mass is 9.89. The molecule has 3 aromatic rings. The van der Waals surface area contributed by atoms with Gasteiger partial charge in [-0.2, -0.15) is 0 Å². The summed E-state index contributed by atoms with van der Waals surface area (Å²) in [4.78, 5) is 14.9. The molecule has 1 amide bonds. The van der Waals surface area contributed by atoms with Gasteiger partial charge in [0.15, 0.2) is 0 Å². The topological polar surface area (TPSA) is 66.5 Å². The van der Waals surface area contributed by atoms with Crippen LogP contribution < -0.4 is 4.72 Å². The molecule has 160 valence electrons. The van der Waals surface area contributed by atoms with Gasteiger partial charge in [0.25, 0.3) is 15.9 Å². The standard InChI is InChI=1S/C25H26N2O3S/c1-19-10-12-23(13-11-19)26-31(29,30)24-9-5-8-22(18-24)25(28)27-16-14-21(15-17-27)20-6-3-2-4-7-20/h2-13,18,21,26H,14-17H2,1H3. The van der Waals surface area contributed by atoms with Crippen LogP contribution in [0.15, 0.2) is 83.8 Å². The molecule has 0 unspecified atom stereocenters. The van der Waals surface area contributed by atoms with Crippen molar-refractivity contribution >= 4 is 21.6 Å². The zero-order valence-corrected chi connectivity index (χ0v) is 18.3. The fourth-order valence-electron chi connectivity index (χ4n) is 3.96. The van der Waals surface area contributed by atoms with E-state index in [4.69, 9.17) is 0 Å². The van der Waals surface area contributed by atoms with Gasteiger partial charge in [0.05, 0.1) is 4.90 Å². The number of benzene rings is 3. The predicted octanol–water partition coefficient (Wildman–Crippen LogP) is 4.82. The third-order valence-electron chi connectivity index (χ3n) is 5.75. The van der Waals surface area contributed by atoms with Crippen molar-refractivity contribution in [3.8, 4) is 0 Å². The summed E-state index contributed by atoms with van der Waals surface area (Å²) in [6, 6.07) is 23.8. The third-order valence-corrected chi connectivity index (χ3v) is 7.13. The van der Waals surface area contributed by atoms with Gasteiger partial charge in [-0.1, -0.05) is 54.1 Å². The summed E-state index contributed by atoms with van der Waals surface area (Å²) in [7, 11) is -3.78. The Labute approximate surface area is 183 Å². The highest BCUT2D eigenvalue weighted by molar-refractivity contribution is 7.92. The van der Waals surface area contributed by atoms with E-state index in [0.29, 0.717) is 30.3 Å². The number of piperidine rings is 1. The third kappa shape index (κ3) is 4.97. The molecular weight excluding hydrogens is 408 g/mol. The molecule has 0 spiro atoms. The van der Waals surface area contributed by atoms with Crippen molar-refractivity contribution in [3.63, 3.8) is 0 Å². The second-order valence-electron chi connectivity index (χ2n) is 7.98. The first-order valence-corrected chi connectivity index (χ1v) is 11.9. The molecule has 3 aromatic carbocycles. The first-order valence-electron chi connectivity index (χ1n) is 10.5. The molecule has 0 atom stereocenters. The number of sulfonamides is 1. The smallest absolute Gasteiger partial charge is 0.261 e. The Morgan fingerprint density at radius 2 is 1.58 bits per heavy atom. The van der Waals surface area contributed by atoms with Gasteiger partial charge in [0.1, 0.15) is 0 Å². The average Bonchev–Trinajstić information content (AvgIpc) is 2.81. The number of nitrogens with zero attached hydrogens (tertiary/aromatic N) is 1. The number of aryl methyl sites for hydroxylation is 1. The Morgan fingerprint density at radius 3 is 2.26 bits per heavy atom. The van der Waals surface area contributed by atoms with E-state index in [0.717, 1.165) is 18.4 Å². The van der Waals surface area contributed by atoms with E-state index < -0.39 is 10.0 Å². The van der Waals surface area contributed by atoms with Gasteiger partial charge in [-0.25, -0.2) is 8.42 Å². The van der Waals surface area contributed by atoms with Gasteiger partial charge < -0.3 is 4.90 Å². The molecule has 5 nitrogen and oxygen atoms in total. The maximum absolute atomic E-state index is 13.0. The van der Waals surface area contributed by atoms with Crippen LogP contribution >= 0.6 is 0 Å². The lowest BCUT2D eigenvalue weighted by molar-refractivity contribution is 0.0712. The molecule has 0 saturated carbocycles. The van der Waals surface area contributed by atoms with Gasteiger partial charge in [-0.3, -0.25) is 9.52 Å². The lowest BCUT2D eigenvalue weighted by Crippen LogP contribution is -2.38. The highest BCUT2D eigenvalue weighted by atomic mass is 32.2. The molecule has 6 heteroatoms. The number of rotatable bonds is 5. The van der Waals surface area contributed by atoms with Crippen molar-refractivity contribution in [2.75, 3.05) is 17.8 Å². The van der Waals surface area contributed by atoms with Crippen LogP contribution in [0.5, 0.6) is 0 Å². The van der Waals surface area contributed by atoms with Crippen molar-refractivity contribution in [1.29, 1.82) is 0 Å². The number of anilines is 1. The fraction of sp³-hybridized carbons (Fsp3) is 0.240. The second-order valence-corrected chi connectivity index (χ2v) is 9.66. The summed E-state index contributed by atoms with van der Waals surface area (Å²) in [5.41, 5.74) is 3.24. The molecule has 0 radical (unpaired) electrons. The van der Waals surface area contributed by atoms with Crippen LogP contribution in [0.2, 0.25) is 0 Å². The monoisotopic (exact) mass is 434 g/mol. The predicted molar refractivity (Wildman–Crippen MR) is 123 cm³/mol. The van der Waals surface area contributed by atoms with E-state index in [-0.39, 0.29) is 10.8 Å². The highest BCUT2D eigenvalue weighted by Gasteiger charge is 2.25. The molecule has 1 aliphatic rings. The van der Waals surface area contributed by atoms with Crippen molar-refractivity contribution in [1.82, 2.24) is 4.90 Å². The normalized spacial score (nSPS) is 14.9. The molecule has 1 fully saturated rings. The largest absolute Gasteiger partial charge is 0.339 e. The Bertz CT molecular complexity index is 1150. The second kappa shape index (κ2) is 8.94. The van der Waals surface area contributed by atoms with Crippen molar-refractivity contribution in [2.24, 2.45) is 0 Å². The van der Waals surface area contributed by atoms with Gasteiger partial charge in [0.2, 0.25) is 0 Å². The minimum Gasteiger partial charge on any atom is -0.339 e. The van der Waals surface area contributed by atoms with Crippen LogP contribution in [-0.4, -0.2) is 32.3 Å². The van der Waals surface area contributed by atoms with Crippen LogP contribution in [-0.2, 0) is 10.0 Å². The zero-order valence-electron chi connectivity index (χ0n) is 17.5. The van der Waals surface area contributed by atoms with Gasteiger partial charge in [-0.15, -0.1) is 0 Å². The number of hydrogen-bond acceptors (Lipinski definition) is 3. The summed E-state index contributed by atoms with van der Waals surface area (Å²) in [6.07, 6.45) is 1.81. The van der Waals surface area contributed by atoms with Gasteiger partial charge in [-0.05, 0) is 61.6 Å². The van der Waals surface area contributed by atoms with Gasteiger partial charge in [0, 0.05) is 24.3 Å². The van der Waals surface area contributed by atoms with Crippen molar-refractivity contribution in [3.05, 3.63) is 95.6 Å². The summed E-state index contributed by atoms with van der Waals surface area (Å²) in [5, 5.41) is 0. The number of carbonyl (C=O) groups excluding carboxylic acids is 1. The lowest BCUT2D eigenvalue weighted by Gasteiger charge is -2.32. The highest BCUT2D eigenvalue weighted by Crippen LogP contribution is 2.28. The number of nitrogens with one attached hydrogen (secondary N) is 1. The van der Waals surface area contributed by atoms with Crippen LogP contribution in [0, 0.1) is 6.92 Å². The van der Waals surface area contributed by atoms with E-state index in [2.05, 4.69) is 16.9 Å². The van der Waals surface area contributed by atoms with Crippen LogP contribution in [0.4, 0.5) is 5.69 Å². The van der Waals surface area contributed by atoms with E-state index in [1.807, 2.05) is 42.2 Å².